The van der Waals surface area contributed by atoms with E-state index in [9.17, 15) is 4.21 Å². The van der Waals surface area contributed by atoms with E-state index in [0.29, 0.717) is 0 Å². The lowest BCUT2D eigenvalue weighted by molar-refractivity contribution is 0.563. The molecule has 1 N–H and O–H groups in total. The molecule has 21 heavy (non-hydrogen) atoms. The summed E-state index contributed by atoms with van der Waals surface area (Å²) < 4.78 is 19.7. The van der Waals surface area contributed by atoms with Crippen molar-refractivity contribution >= 4 is 22.0 Å². The Hall–Kier alpha value is -2.04. The maximum atomic E-state index is 10.8. The first-order valence-corrected chi connectivity index (χ1v) is 7.98. The van der Waals surface area contributed by atoms with E-state index in [2.05, 4.69) is 11.1 Å². The Kier molecular flexibility index (Phi) is 4.08. The van der Waals surface area contributed by atoms with Gasteiger partial charge in [0.1, 0.15) is 0 Å². The number of hydrogen-bond donors (Lipinski definition) is 1. The second kappa shape index (κ2) is 6.16. The Morgan fingerprint density at radius 1 is 0.952 bits per heavy atom. The van der Waals surface area contributed by atoms with Gasteiger partial charge in [-0.15, -0.1) is 0 Å². The van der Waals surface area contributed by atoms with Crippen molar-refractivity contribution in [3.8, 4) is 0 Å². The van der Waals surface area contributed by atoms with Crippen molar-refractivity contribution in [2.45, 2.75) is 12.2 Å². The zero-order valence-electron chi connectivity index (χ0n) is 11.4. The predicted octanol–water partition coefficient (Wildman–Crippen LogP) is 3.55. The lowest BCUT2D eigenvalue weighted by Crippen LogP contribution is -1.95. The van der Waals surface area contributed by atoms with Crippen LogP contribution in [0.5, 0.6) is 0 Å². The predicted molar refractivity (Wildman–Crippen MR) is 85.5 cm³/mol. The highest BCUT2D eigenvalue weighted by molar-refractivity contribution is 7.78. The molecule has 0 aliphatic carbocycles. The Morgan fingerprint density at radius 2 is 1.67 bits per heavy atom. The summed E-state index contributed by atoms with van der Waals surface area (Å²) in [6.07, 6.45) is 2.66. The first kappa shape index (κ1) is 13.9. The molecule has 0 aliphatic rings. The lowest BCUT2D eigenvalue weighted by atomic mass is 10.0. The van der Waals surface area contributed by atoms with E-state index in [0.717, 1.165) is 17.5 Å². The SMILES string of the molecule is O=S(O)Cc1ccc(Cc2ccnc3ccccc23)cc1. The summed E-state index contributed by atoms with van der Waals surface area (Å²) in [5.74, 6) is 0.179. The van der Waals surface area contributed by atoms with E-state index in [1.165, 1.54) is 16.5 Å². The maximum Gasteiger partial charge on any atom is 0.157 e. The van der Waals surface area contributed by atoms with Gasteiger partial charge in [-0.2, -0.15) is 0 Å². The first-order valence-electron chi connectivity index (χ1n) is 6.70. The Bertz CT molecular complexity index is 779. The summed E-state index contributed by atoms with van der Waals surface area (Å²) in [7, 11) is 0. The third-order valence-electron chi connectivity index (χ3n) is 3.45. The van der Waals surface area contributed by atoms with Gasteiger partial charge < -0.3 is 4.55 Å². The smallest absolute Gasteiger partial charge is 0.157 e. The molecule has 0 bridgehead atoms. The van der Waals surface area contributed by atoms with Crippen LogP contribution in [-0.2, 0) is 23.3 Å². The van der Waals surface area contributed by atoms with E-state index < -0.39 is 11.1 Å². The molecule has 3 rings (SSSR count). The van der Waals surface area contributed by atoms with Crippen molar-refractivity contribution in [1.29, 1.82) is 0 Å². The van der Waals surface area contributed by atoms with Crippen LogP contribution >= 0.6 is 0 Å². The van der Waals surface area contributed by atoms with Gasteiger partial charge in [0, 0.05) is 11.6 Å². The van der Waals surface area contributed by atoms with Crippen molar-refractivity contribution in [3.05, 3.63) is 77.5 Å². The fourth-order valence-corrected chi connectivity index (χ4v) is 2.90. The van der Waals surface area contributed by atoms with Crippen molar-refractivity contribution < 1.29 is 8.76 Å². The maximum absolute atomic E-state index is 10.8. The minimum atomic E-state index is -1.79. The van der Waals surface area contributed by atoms with Crippen LogP contribution < -0.4 is 0 Å². The van der Waals surface area contributed by atoms with Crippen molar-refractivity contribution in [2.24, 2.45) is 0 Å². The molecular weight excluding hydrogens is 282 g/mol. The minimum absolute atomic E-state index is 0.179. The van der Waals surface area contributed by atoms with Gasteiger partial charge in [-0.05, 0) is 35.2 Å². The molecule has 1 aromatic heterocycles. The third kappa shape index (κ3) is 3.35. The van der Waals surface area contributed by atoms with Gasteiger partial charge in [0.2, 0.25) is 0 Å². The second-order valence-electron chi connectivity index (χ2n) is 4.95. The monoisotopic (exact) mass is 297 g/mol. The van der Waals surface area contributed by atoms with Crippen LogP contribution in [0.3, 0.4) is 0 Å². The van der Waals surface area contributed by atoms with Gasteiger partial charge in [-0.1, -0.05) is 42.5 Å². The molecule has 4 heteroatoms. The molecule has 3 nitrogen and oxygen atoms in total. The Balaban J connectivity index is 1.87. The summed E-state index contributed by atoms with van der Waals surface area (Å²) in [5.41, 5.74) is 4.29. The van der Waals surface area contributed by atoms with E-state index in [1.807, 2.05) is 54.7 Å². The van der Waals surface area contributed by atoms with Crippen molar-refractivity contribution in [1.82, 2.24) is 4.98 Å². The highest BCUT2D eigenvalue weighted by Crippen LogP contribution is 2.19. The highest BCUT2D eigenvalue weighted by Gasteiger charge is 2.03. The van der Waals surface area contributed by atoms with Gasteiger partial charge in [-0.25, -0.2) is 4.21 Å². The highest BCUT2D eigenvalue weighted by atomic mass is 32.2. The van der Waals surface area contributed by atoms with Crippen LogP contribution in [0.4, 0.5) is 0 Å². The van der Waals surface area contributed by atoms with Crippen LogP contribution in [0.2, 0.25) is 0 Å². The van der Waals surface area contributed by atoms with E-state index >= 15 is 0 Å². The molecule has 3 aromatic rings. The number of nitrogens with zero attached hydrogens (tertiary/aromatic N) is 1. The second-order valence-corrected chi connectivity index (χ2v) is 5.88. The molecule has 1 atom stereocenters. The Labute approximate surface area is 125 Å². The van der Waals surface area contributed by atoms with Gasteiger partial charge in [0.25, 0.3) is 0 Å². The Morgan fingerprint density at radius 3 is 2.43 bits per heavy atom. The van der Waals surface area contributed by atoms with Crippen LogP contribution in [0, 0.1) is 0 Å². The van der Waals surface area contributed by atoms with Gasteiger partial charge in [0.15, 0.2) is 11.1 Å². The van der Waals surface area contributed by atoms with Crippen LogP contribution in [0.15, 0.2) is 60.8 Å². The van der Waals surface area contributed by atoms with E-state index in [1.54, 1.807) is 0 Å². The molecule has 106 valence electrons. The minimum Gasteiger partial charge on any atom is -0.306 e. The number of pyridine rings is 1. The molecule has 0 radical (unpaired) electrons. The van der Waals surface area contributed by atoms with Crippen molar-refractivity contribution in [3.63, 3.8) is 0 Å². The van der Waals surface area contributed by atoms with Gasteiger partial charge >= 0.3 is 0 Å². The average molecular weight is 297 g/mol. The number of fused-ring (bicyclic) bond motifs is 1. The lowest BCUT2D eigenvalue weighted by Gasteiger charge is -2.07. The topological polar surface area (TPSA) is 50.2 Å². The zero-order valence-corrected chi connectivity index (χ0v) is 12.2. The number of hydrogen-bond acceptors (Lipinski definition) is 2. The van der Waals surface area contributed by atoms with E-state index in [4.69, 9.17) is 4.55 Å². The summed E-state index contributed by atoms with van der Waals surface area (Å²) in [6, 6.07) is 18.0. The molecular formula is C17H15NO2S. The summed E-state index contributed by atoms with van der Waals surface area (Å²) in [5, 5.41) is 1.17. The normalized spacial score (nSPS) is 12.4. The molecule has 2 aromatic carbocycles. The van der Waals surface area contributed by atoms with Crippen molar-refractivity contribution in [2.75, 3.05) is 0 Å². The zero-order chi connectivity index (χ0) is 14.7. The molecule has 0 fully saturated rings. The molecule has 0 saturated carbocycles. The molecule has 1 heterocycles. The van der Waals surface area contributed by atoms with Gasteiger partial charge in [0.05, 0.1) is 11.3 Å². The quantitative estimate of drug-likeness (QED) is 0.749. The molecule has 0 spiro atoms. The number of para-hydroxylation sites is 1. The van der Waals surface area contributed by atoms with E-state index in [-0.39, 0.29) is 5.75 Å². The fraction of sp³-hybridized carbons (Fsp3) is 0.118. The number of rotatable bonds is 4. The first-order chi connectivity index (χ1) is 10.2. The molecule has 1 unspecified atom stereocenters. The van der Waals surface area contributed by atoms with Crippen LogP contribution in [0.25, 0.3) is 10.9 Å². The number of aromatic nitrogens is 1. The number of benzene rings is 2. The molecule has 0 amide bonds. The average Bonchev–Trinajstić information content (AvgIpc) is 2.49. The third-order valence-corrected chi connectivity index (χ3v) is 4.03. The summed E-state index contributed by atoms with van der Waals surface area (Å²) in [4.78, 5) is 4.37. The fourth-order valence-electron chi connectivity index (χ4n) is 2.43. The largest absolute Gasteiger partial charge is 0.306 e. The molecule has 0 aliphatic heterocycles. The standard InChI is InChI=1S/C17H15NO2S/c19-21(20)12-14-7-5-13(6-8-14)11-15-9-10-18-17-4-2-1-3-16(15)17/h1-10H,11-12H2,(H,19,20). The molecule has 0 saturated heterocycles. The summed E-state index contributed by atoms with van der Waals surface area (Å²) in [6.45, 7) is 0. The van der Waals surface area contributed by atoms with Crippen LogP contribution in [0.1, 0.15) is 16.7 Å². The summed E-state index contributed by atoms with van der Waals surface area (Å²) >= 11 is -1.79. The van der Waals surface area contributed by atoms with Crippen LogP contribution in [-0.4, -0.2) is 13.7 Å². The van der Waals surface area contributed by atoms with Gasteiger partial charge in [-0.3, -0.25) is 4.98 Å².